The minimum Gasteiger partial charge on any atom is -0.490 e. The molecule has 0 fully saturated rings. The summed E-state index contributed by atoms with van der Waals surface area (Å²) in [5, 5.41) is 12.7. The van der Waals surface area contributed by atoms with Crippen molar-refractivity contribution in [2.24, 2.45) is 0 Å². The van der Waals surface area contributed by atoms with Crippen molar-refractivity contribution in [2.45, 2.75) is 25.9 Å². The number of rotatable bonds is 8. The number of nitrogens with one attached hydrogen (secondary N) is 1. The van der Waals surface area contributed by atoms with Crippen LogP contribution in [-0.4, -0.2) is 30.1 Å². The molecule has 0 aromatic heterocycles. The van der Waals surface area contributed by atoms with E-state index in [0.717, 1.165) is 35.3 Å². The predicted molar refractivity (Wildman–Crippen MR) is 149 cm³/mol. The first-order valence-electron chi connectivity index (χ1n) is 12.8. The number of benzene rings is 4. The van der Waals surface area contributed by atoms with E-state index in [4.69, 9.17) is 4.74 Å². The van der Waals surface area contributed by atoms with Gasteiger partial charge in [0.2, 0.25) is 0 Å². The van der Waals surface area contributed by atoms with E-state index in [9.17, 15) is 14.7 Å². The summed E-state index contributed by atoms with van der Waals surface area (Å²) >= 11 is 0. The van der Waals surface area contributed by atoms with Crippen LogP contribution in [0.1, 0.15) is 51.2 Å². The summed E-state index contributed by atoms with van der Waals surface area (Å²) < 4.78 is 5.93. The zero-order valence-corrected chi connectivity index (χ0v) is 21.3. The molecule has 1 aliphatic heterocycles. The van der Waals surface area contributed by atoms with Gasteiger partial charge in [-0.25, -0.2) is 4.79 Å². The van der Waals surface area contributed by atoms with Gasteiger partial charge in [0.15, 0.2) is 0 Å². The van der Waals surface area contributed by atoms with Crippen LogP contribution in [0.4, 0.5) is 5.69 Å². The van der Waals surface area contributed by atoms with Crippen LogP contribution >= 0.6 is 0 Å². The largest absolute Gasteiger partial charge is 0.490 e. The molecule has 6 heteroatoms. The third-order valence-corrected chi connectivity index (χ3v) is 6.89. The second-order valence-electron chi connectivity index (χ2n) is 9.35. The number of carbonyl (C=O) groups is 2. The van der Waals surface area contributed by atoms with Crippen molar-refractivity contribution >= 4 is 17.6 Å². The maximum absolute atomic E-state index is 13.0. The van der Waals surface area contributed by atoms with Gasteiger partial charge in [0, 0.05) is 12.1 Å². The maximum atomic E-state index is 13.0. The highest BCUT2D eigenvalue weighted by molar-refractivity contribution is 5.96. The molecule has 1 atom stereocenters. The molecule has 0 spiro atoms. The van der Waals surface area contributed by atoms with Crippen molar-refractivity contribution in [3.05, 3.63) is 119 Å². The third-order valence-electron chi connectivity index (χ3n) is 6.89. The van der Waals surface area contributed by atoms with Gasteiger partial charge < -0.3 is 20.1 Å². The zero-order chi connectivity index (χ0) is 26.5. The van der Waals surface area contributed by atoms with Crippen LogP contribution in [0, 0.1) is 0 Å². The smallest absolute Gasteiger partial charge is 0.336 e. The Balaban J connectivity index is 1.30. The number of carboxylic acids is 1. The Bertz CT molecular complexity index is 1430. The lowest BCUT2D eigenvalue weighted by atomic mass is 9.98. The fourth-order valence-electron chi connectivity index (χ4n) is 4.86. The molecule has 4 aromatic rings. The highest BCUT2D eigenvalue weighted by atomic mass is 16.5. The average Bonchev–Trinajstić information content (AvgIpc) is 2.96. The van der Waals surface area contributed by atoms with Gasteiger partial charge in [0.1, 0.15) is 12.4 Å². The molecule has 1 heterocycles. The van der Waals surface area contributed by atoms with Gasteiger partial charge in [-0.15, -0.1) is 0 Å². The quantitative estimate of drug-likeness (QED) is 0.292. The second-order valence-corrected chi connectivity index (χ2v) is 9.35. The Morgan fingerprint density at radius 3 is 2.42 bits per heavy atom. The van der Waals surface area contributed by atoms with E-state index >= 15 is 0 Å². The zero-order valence-electron chi connectivity index (χ0n) is 21.3. The van der Waals surface area contributed by atoms with Crippen LogP contribution in [0.15, 0.2) is 97.1 Å². The van der Waals surface area contributed by atoms with Crippen LogP contribution in [0.3, 0.4) is 0 Å². The van der Waals surface area contributed by atoms with E-state index in [2.05, 4.69) is 17.1 Å². The van der Waals surface area contributed by atoms with Crippen molar-refractivity contribution in [1.82, 2.24) is 5.32 Å². The molecule has 0 bridgehead atoms. The molecule has 0 saturated heterocycles. The fourth-order valence-corrected chi connectivity index (χ4v) is 4.86. The van der Waals surface area contributed by atoms with E-state index in [0.29, 0.717) is 30.0 Å². The van der Waals surface area contributed by atoms with Gasteiger partial charge in [0.25, 0.3) is 5.91 Å². The highest BCUT2D eigenvalue weighted by Crippen LogP contribution is 2.34. The number of amides is 1. The lowest BCUT2D eigenvalue weighted by molar-refractivity contribution is 0.0697. The molecule has 6 nitrogen and oxygen atoms in total. The molecule has 1 amide bonds. The number of hydrogen-bond acceptors (Lipinski definition) is 4. The standard InChI is InChI=1S/C32H30N2O4/c1-2-28(24-8-4-3-5-9-24)33-31(35)25-16-17-29-30(20-25)38-19-18-34(29)21-22-12-14-23(15-13-22)26-10-6-7-11-27(26)32(36)37/h3-17,20,28H,2,18-19,21H2,1H3,(H,33,35)(H,36,37). The summed E-state index contributed by atoms with van der Waals surface area (Å²) in [7, 11) is 0. The molecule has 38 heavy (non-hydrogen) atoms. The first-order chi connectivity index (χ1) is 18.5. The molecule has 192 valence electrons. The Labute approximate surface area is 222 Å². The molecular formula is C32H30N2O4. The molecule has 0 aliphatic carbocycles. The maximum Gasteiger partial charge on any atom is 0.336 e. The van der Waals surface area contributed by atoms with Crippen molar-refractivity contribution in [2.75, 3.05) is 18.1 Å². The summed E-state index contributed by atoms with van der Waals surface area (Å²) in [4.78, 5) is 26.9. The van der Waals surface area contributed by atoms with E-state index in [1.807, 2.05) is 84.9 Å². The monoisotopic (exact) mass is 506 g/mol. The van der Waals surface area contributed by atoms with Crippen molar-refractivity contribution in [3.63, 3.8) is 0 Å². The first kappa shape index (κ1) is 25.1. The van der Waals surface area contributed by atoms with Gasteiger partial charge in [0.05, 0.1) is 23.8 Å². The minimum atomic E-state index is -0.937. The Morgan fingerprint density at radius 1 is 0.947 bits per heavy atom. The second kappa shape index (κ2) is 11.2. The molecular weight excluding hydrogens is 476 g/mol. The van der Waals surface area contributed by atoms with Crippen LogP contribution in [0.5, 0.6) is 5.75 Å². The van der Waals surface area contributed by atoms with E-state index in [1.54, 1.807) is 12.1 Å². The van der Waals surface area contributed by atoms with E-state index < -0.39 is 5.97 Å². The van der Waals surface area contributed by atoms with Crippen molar-refractivity contribution < 1.29 is 19.4 Å². The van der Waals surface area contributed by atoms with Crippen LogP contribution in [0.2, 0.25) is 0 Å². The van der Waals surface area contributed by atoms with Gasteiger partial charge >= 0.3 is 5.97 Å². The lowest BCUT2D eigenvalue weighted by Crippen LogP contribution is -2.33. The summed E-state index contributed by atoms with van der Waals surface area (Å²) in [6, 6.07) is 30.5. The number of anilines is 1. The number of ether oxygens (including phenoxy) is 1. The normalized spacial score (nSPS) is 13.2. The van der Waals surface area contributed by atoms with Crippen LogP contribution in [0.25, 0.3) is 11.1 Å². The summed E-state index contributed by atoms with van der Waals surface area (Å²) in [5.74, 6) is -0.363. The fraction of sp³-hybridized carbons (Fsp3) is 0.188. The number of hydrogen-bond donors (Lipinski definition) is 2. The lowest BCUT2D eigenvalue weighted by Gasteiger charge is -2.31. The molecule has 4 aromatic carbocycles. The van der Waals surface area contributed by atoms with Gasteiger partial charge in [-0.3, -0.25) is 4.79 Å². The Morgan fingerprint density at radius 2 is 1.68 bits per heavy atom. The summed E-state index contributed by atoms with van der Waals surface area (Å²) in [6.45, 7) is 4.00. The molecule has 0 saturated carbocycles. The van der Waals surface area contributed by atoms with Gasteiger partial charge in [-0.1, -0.05) is 79.7 Å². The van der Waals surface area contributed by atoms with Crippen LogP contribution in [-0.2, 0) is 6.54 Å². The van der Waals surface area contributed by atoms with E-state index in [-0.39, 0.29) is 17.5 Å². The molecule has 0 radical (unpaired) electrons. The molecule has 1 unspecified atom stereocenters. The number of aromatic carboxylic acids is 1. The Hall–Kier alpha value is -4.58. The number of carboxylic acid groups (broad SMARTS) is 1. The van der Waals surface area contributed by atoms with Gasteiger partial charge in [-0.05, 0) is 52.9 Å². The summed E-state index contributed by atoms with van der Waals surface area (Å²) in [6.07, 6.45) is 0.797. The summed E-state index contributed by atoms with van der Waals surface area (Å²) in [5.41, 5.74) is 5.56. The molecule has 2 N–H and O–H groups in total. The number of fused-ring (bicyclic) bond motifs is 1. The SMILES string of the molecule is CCC(NC(=O)c1ccc2c(c1)OCCN2Cc1ccc(-c2ccccc2C(=O)O)cc1)c1ccccc1. The topological polar surface area (TPSA) is 78.9 Å². The highest BCUT2D eigenvalue weighted by Gasteiger charge is 2.21. The first-order valence-corrected chi connectivity index (χ1v) is 12.8. The number of nitrogens with zero attached hydrogens (tertiary/aromatic N) is 1. The van der Waals surface area contributed by atoms with E-state index in [1.165, 1.54) is 0 Å². The molecule has 5 rings (SSSR count). The molecule has 1 aliphatic rings. The third kappa shape index (κ3) is 5.39. The predicted octanol–water partition coefficient (Wildman–Crippen LogP) is 6.33. The van der Waals surface area contributed by atoms with Crippen LogP contribution < -0.4 is 15.0 Å². The average molecular weight is 507 g/mol. The minimum absolute atomic E-state index is 0.0532. The Kier molecular flexibility index (Phi) is 7.40. The van der Waals surface area contributed by atoms with Gasteiger partial charge in [-0.2, -0.15) is 0 Å². The van der Waals surface area contributed by atoms with Crippen molar-refractivity contribution in [1.29, 1.82) is 0 Å². The number of carbonyl (C=O) groups excluding carboxylic acids is 1. The van der Waals surface area contributed by atoms with Crippen molar-refractivity contribution in [3.8, 4) is 16.9 Å².